The van der Waals surface area contributed by atoms with Crippen LogP contribution >= 0.6 is 0 Å². The van der Waals surface area contributed by atoms with Crippen LogP contribution in [0.2, 0.25) is 0 Å². The number of halogens is 2. The molecule has 0 amide bonds. The predicted octanol–water partition coefficient (Wildman–Crippen LogP) is 3.40. The van der Waals surface area contributed by atoms with Gasteiger partial charge in [-0.05, 0) is 42.5 Å². The van der Waals surface area contributed by atoms with E-state index in [2.05, 4.69) is 11.4 Å². The van der Waals surface area contributed by atoms with Gasteiger partial charge >= 0.3 is 0 Å². The van der Waals surface area contributed by atoms with Gasteiger partial charge in [-0.1, -0.05) is 5.16 Å². The zero-order valence-corrected chi connectivity index (χ0v) is 10.8. The molecule has 0 fully saturated rings. The lowest BCUT2D eigenvalue weighted by molar-refractivity contribution is 0.129. The summed E-state index contributed by atoms with van der Waals surface area (Å²) in [6, 6.07) is 10.2. The summed E-state index contributed by atoms with van der Waals surface area (Å²) in [6.07, 6.45) is 2.63. The monoisotopic (exact) mass is 276 g/mol. The van der Waals surface area contributed by atoms with Crippen LogP contribution in [-0.2, 0) is 11.4 Å². The van der Waals surface area contributed by atoms with Crippen LogP contribution in [0.5, 0.6) is 5.75 Å². The highest BCUT2D eigenvalue weighted by atomic mass is 19.1. The molecule has 2 rings (SSSR count). The number of ether oxygens (including phenoxy) is 1. The molecule has 103 valence electrons. The van der Waals surface area contributed by atoms with Gasteiger partial charge in [-0.15, -0.1) is 0 Å². The van der Waals surface area contributed by atoms with Crippen molar-refractivity contribution >= 4 is 6.21 Å². The third kappa shape index (κ3) is 3.78. The minimum atomic E-state index is -0.536. The molecule has 5 heteroatoms. The maximum atomic E-state index is 13.3. The van der Waals surface area contributed by atoms with Gasteiger partial charge in [0.1, 0.15) is 30.2 Å². The lowest BCUT2D eigenvalue weighted by Gasteiger charge is -2.01. The Balaban J connectivity index is 1.91. The van der Waals surface area contributed by atoms with E-state index in [0.29, 0.717) is 5.56 Å². The zero-order chi connectivity index (χ0) is 14.4. The molecular formula is C15H12F2NO2. The Kier molecular flexibility index (Phi) is 4.65. The minimum Gasteiger partial charge on any atom is -0.497 e. The zero-order valence-electron chi connectivity index (χ0n) is 10.8. The Labute approximate surface area is 115 Å². The van der Waals surface area contributed by atoms with Crippen molar-refractivity contribution in [2.24, 2.45) is 5.16 Å². The minimum absolute atomic E-state index is 0.102. The Morgan fingerprint density at radius 1 is 1.10 bits per heavy atom. The Morgan fingerprint density at radius 3 is 2.55 bits per heavy atom. The van der Waals surface area contributed by atoms with Crippen LogP contribution < -0.4 is 4.74 Å². The summed E-state index contributed by atoms with van der Waals surface area (Å²) in [5.41, 5.74) is 0.788. The first-order valence-corrected chi connectivity index (χ1v) is 5.85. The van der Waals surface area contributed by atoms with Gasteiger partial charge in [0.05, 0.1) is 7.11 Å². The maximum absolute atomic E-state index is 13.3. The van der Waals surface area contributed by atoms with Crippen molar-refractivity contribution in [1.29, 1.82) is 0 Å². The number of methoxy groups -OCH3 is 1. The van der Waals surface area contributed by atoms with Gasteiger partial charge < -0.3 is 9.57 Å². The van der Waals surface area contributed by atoms with Gasteiger partial charge in [0.25, 0.3) is 0 Å². The average molecular weight is 276 g/mol. The summed E-state index contributed by atoms with van der Waals surface area (Å²) in [5, 5.41) is 3.58. The summed E-state index contributed by atoms with van der Waals surface area (Å²) in [4.78, 5) is 4.89. The molecule has 0 aliphatic carbocycles. The highest BCUT2D eigenvalue weighted by Crippen LogP contribution is 2.12. The lowest BCUT2D eigenvalue weighted by atomic mass is 10.2. The van der Waals surface area contributed by atoms with Gasteiger partial charge in [-0.25, -0.2) is 8.78 Å². The second-order valence-corrected chi connectivity index (χ2v) is 3.94. The summed E-state index contributed by atoms with van der Waals surface area (Å²) in [7, 11) is 1.57. The molecule has 0 spiro atoms. The molecule has 0 unspecified atom stereocenters. The average Bonchev–Trinajstić information content (AvgIpc) is 2.47. The van der Waals surface area contributed by atoms with E-state index in [0.717, 1.165) is 23.9 Å². The van der Waals surface area contributed by atoms with Gasteiger partial charge in [-0.3, -0.25) is 0 Å². The first-order valence-electron chi connectivity index (χ1n) is 5.85. The van der Waals surface area contributed by atoms with Crippen molar-refractivity contribution in [2.75, 3.05) is 7.11 Å². The molecule has 0 atom stereocenters. The number of hydrogen-bond donors (Lipinski definition) is 0. The second-order valence-electron chi connectivity index (χ2n) is 3.94. The van der Waals surface area contributed by atoms with E-state index >= 15 is 0 Å². The molecule has 0 aromatic heterocycles. The van der Waals surface area contributed by atoms with Gasteiger partial charge in [0.2, 0.25) is 0 Å². The first-order chi connectivity index (χ1) is 9.69. The Bertz CT molecular complexity index is 597. The molecule has 0 N–H and O–H groups in total. The fraction of sp³-hybridized carbons (Fsp3) is 0.133. The van der Waals surface area contributed by atoms with Gasteiger partial charge in [0.15, 0.2) is 0 Å². The number of rotatable bonds is 5. The Hall–Kier alpha value is -2.43. The largest absolute Gasteiger partial charge is 0.497 e. The summed E-state index contributed by atoms with van der Waals surface area (Å²) >= 11 is 0. The molecule has 1 radical (unpaired) electrons. The highest BCUT2D eigenvalue weighted by molar-refractivity contribution is 5.79. The van der Waals surface area contributed by atoms with Crippen LogP contribution in [0, 0.1) is 11.6 Å². The topological polar surface area (TPSA) is 30.8 Å². The number of benzene rings is 2. The van der Waals surface area contributed by atoms with Crippen molar-refractivity contribution in [3.05, 3.63) is 65.2 Å². The Morgan fingerprint density at radius 2 is 1.85 bits per heavy atom. The molecule has 20 heavy (non-hydrogen) atoms. The molecule has 2 aromatic rings. The van der Waals surface area contributed by atoms with Crippen molar-refractivity contribution in [3.63, 3.8) is 0 Å². The first kappa shape index (κ1) is 14.0. The molecule has 0 saturated carbocycles. The standard InChI is InChI=1S/C15H12F2NO2/c1-19-14-5-2-11(3-6-14)9-18-20-10-12-8-13(16)4-7-15(12)17/h2-8H,10H2,1H3. The van der Waals surface area contributed by atoms with Crippen LogP contribution in [0.25, 0.3) is 0 Å². The van der Waals surface area contributed by atoms with E-state index in [1.54, 1.807) is 31.4 Å². The maximum Gasteiger partial charge on any atom is 0.145 e. The van der Waals surface area contributed by atoms with Crippen LogP contribution in [0.15, 0.2) is 47.6 Å². The van der Waals surface area contributed by atoms with Crippen LogP contribution in [0.4, 0.5) is 8.78 Å². The fourth-order valence-corrected chi connectivity index (χ4v) is 1.51. The van der Waals surface area contributed by atoms with Crippen LogP contribution in [0.1, 0.15) is 11.1 Å². The van der Waals surface area contributed by atoms with E-state index in [1.807, 2.05) is 0 Å². The molecule has 2 aromatic carbocycles. The molecule has 0 bridgehead atoms. The van der Waals surface area contributed by atoms with E-state index in [1.165, 1.54) is 0 Å². The molecule has 0 heterocycles. The normalized spacial score (nSPS) is 10.8. The molecule has 3 nitrogen and oxygen atoms in total. The van der Waals surface area contributed by atoms with Crippen molar-refractivity contribution < 1.29 is 18.4 Å². The SMILES string of the molecule is COc1ccc(/[C]=N\OCc2cc(F)ccc2F)cc1. The second kappa shape index (κ2) is 6.65. The van der Waals surface area contributed by atoms with E-state index in [-0.39, 0.29) is 12.2 Å². The summed E-state index contributed by atoms with van der Waals surface area (Å²) < 4.78 is 31.2. The van der Waals surface area contributed by atoms with Crippen LogP contribution in [-0.4, -0.2) is 13.3 Å². The van der Waals surface area contributed by atoms with Gasteiger partial charge in [-0.2, -0.15) is 0 Å². The van der Waals surface area contributed by atoms with E-state index in [9.17, 15) is 8.78 Å². The fourth-order valence-electron chi connectivity index (χ4n) is 1.51. The van der Waals surface area contributed by atoms with Crippen molar-refractivity contribution in [3.8, 4) is 5.75 Å². The molecule has 0 aliphatic rings. The summed E-state index contributed by atoms with van der Waals surface area (Å²) in [6.45, 7) is -0.160. The molecular weight excluding hydrogens is 264 g/mol. The lowest BCUT2D eigenvalue weighted by Crippen LogP contribution is -1.94. The van der Waals surface area contributed by atoms with E-state index < -0.39 is 11.6 Å². The third-order valence-corrected chi connectivity index (χ3v) is 2.56. The predicted molar refractivity (Wildman–Crippen MR) is 70.7 cm³/mol. The smallest absolute Gasteiger partial charge is 0.145 e. The van der Waals surface area contributed by atoms with Crippen molar-refractivity contribution in [1.82, 2.24) is 0 Å². The van der Waals surface area contributed by atoms with E-state index in [4.69, 9.17) is 9.57 Å². The molecule has 0 aliphatic heterocycles. The highest BCUT2D eigenvalue weighted by Gasteiger charge is 2.03. The van der Waals surface area contributed by atoms with Gasteiger partial charge in [0, 0.05) is 11.1 Å². The summed E-state index contributed by atoms with van der Waals surface area (Å²) in [5.74, 6) is -0.336. The molecule has 0 saturated heterocycles. The van der Waals surface area contributed by atoms with Crippen LogP contribution in [0.3, 0.4) is 0 Å². The number of hydrogen-bond acceptors (Lipinski definition) is 3. The number of nitrogens with zero attached hydrogens (tertiary/aromatic N) is 1. The third-order valence-electron chi connectivity index (χ3n) is 2.56. The van der Waals surface area contributed by atoms with Crippen molar-refractivity contribution in [2.45, 2.75) is 6.61 Å². The quantitative estimate of drug-likeness (QED) is 0.619.